The molecule has 0 bridgehead atoms. The second-order valence-corrected chi connectivity index (χ2v) is 8.95. The van der Waals surface area contributed by atoms with Gasteiger partial charge in [-0.3, -0.25) is 14.7 Å². The van der Waals surface area contributed by atoms with Gasteiger partial charge in [0.15, 0.2) is 5.76 Å². The number of rotatable bonds is 5. The summed E-state index contributed by atoms with van der Waals surface area (Å²) in [5, 5.41) is 13.8. The van der Waals surface area contributed by atoms with Gasteiger partial charge in [-0.25, -0.2) is 18.6 Å². The van der Waals surface area contributed by atoms with Crippen molar-refractivity contribution in [2.75, 3.05) is 4.72 Å². The smallest absolute Gasteiger partial charge is 0.310 e. The van der Waals surface area contributed by atoms with Gasteiger partial charge >= 0.3 is 5.91 Å². The van der Waals surface area contributed by atoms with Crippen LogP contribution in [0.2, 0.25) is 0 Å². The molecule has 1 aliphatic rings. The molecule has 0 radical (unpaired) electrons. The Morgan fingerprint density at radius 1 is 1.21 bits per heavy atom. The maximum atomic E-state index is 13.0. The number of nitrogens with one attached hydrogen (secondary N) is 2. The van der Waals surface area contributed by atoms with Gasteiger partial charge in [0.2, 0.25) is 0 Å². The predicted molar refractivity (Wildman–Crippen MR) is 105 cm³/mol. The van der Waals surface area contributed by atoms with Crippen LogP contribution in [0, 0.1) is 6.92 Å². The van der Waals surface area contributed by atoms with Gasteiger partial charge in [0.25, 0.3) is 10.0 Å². The van der Waals surface area contributed by atoms with Crippen LogP contribution in [-0.4, -0.2) is 29.3 Å². The van der Waals surface area contributed by atoms with Gasteiger partial charge in [-0.05, 0) is 38.0 Å². The topological polar surface area (TPSA) is 126 Å². The van der Waals surface area contributed by atoms with Crippen LogP contribution >= 0.6 is 0 Å². The van der Waals surface area contributed by atoms with Crippen molar-refractivity contribution in [3.63, 3.8) is 0 Å². The number of anilines is 1. The number of furan rings is 1. The summed E-state index contributed by atoms with van der Waals surface area (Å²) >= 11 is 0. The molecule has 154 valence electrons. The summed E-state index contributed by atoms with van der Waals surface area (Å²) in [6.45, 7) is 1.83. The van der Waals surface area contributed by atoms with Crippen LogP contribution in [0.25, 0.3) is 11.0 Å². The summed E-state index contributed by atoms with van der Waals surface area (Å²) in [7, 11) is -3.89. The Bertz CT molecular complexity index is 1160. The molecule has 1 amide bonds. The minimum atomic E-state index is -3.89. The van der Waals surface area contributed by atoms with E-state index in [2.05, 4.69) is 9.82 Å². The summed E-state index contributed by atoms with van der Waals surface area (Å²) in [6.07, 6.45) is 5.36. The summed E-state index contributed by atoms with van der Waals surface area (Å²) < 4.78 is 35.7. The van der Waals surface area contributed by atoms with Crippen LogP contribution in [-0.2, 0) is 10.0 Å². The van der Waals surface area contributed by atoms with Crippen LogP contribution in [0.5, 0.6) is 0 Å². The maximum absolute atomic E-state index is 13.0. The number of benzene rings is 1. The van der Waals surface area contributed by atoms with Crippen molar-refractivity contribution in [1.29, 1.82) is 0 Å². The highest BCUT2D eigenvalue weighted by Gasteiger charge is 2.23. The minimum absolute atomic E-state index is 0.00403. The van der Waals surface area contributed by atoms with E-state index in [0.29, 0.717) is 11.2 Å². The third-order valence-corrected chi connectivity index (χ3v) is 6.50. The number of aryl methyl sites for hydroxylation is 1. The van der Waals surface area contributed by atoms with E-state index in [4.69, 9.17) is 9.62 Å². The van der Waals surface area contributed by atoms with Crippen molar-refractivity contribution in [2.45, 2.75) is 50.0 Å². The lowest BCUT2D eigenvalue weighted by molar-refractivity contribution is 0.0678. The first kappa shape index (κ1) is 19.5. The lowest BCUT2D eigenvalue weighted by Gasteiger charge is -2.24. The highest BCUT2D eigenvalue weighted by atomic mass is 32.2. The standard InChI is InChI=1S/C19H22N4O5S/c1-12-9-18(23(20-12)14-5-3-2-4-6-14)22-29(26,27)15-8-7-13-10-17(19(24)21-25)28-16(13)11-15/h7-11,14,22,25H,2-6H2,1H3,(H,21,24). The molecule has 0 spiro atoms. The number of amides is 1. The molecule has 2 heterocycles. The zero-order chi connectivity index (χ0) is 20.6. The minimum Gasteiger partial charge on any atom is -0.451 e. The summed E-state index contributed by atoms with van der Waals surface area (Å²) in [5.74, 6) is -0.485. The molecule has 10 heteroatoms. The van der Waals surface area contributed by atoms with Gasteiger partial charge in [-0.15, -0.1) is 0 Å². The number of sulfonamides is 1. The van der Waals surface area contributed by atoms with Gasteiger partial charge in [-0.2, -0.15) is 5.10 Å². The van der Waals surface area contributed by atoms with Crippen LogP contribution in [0.4, 0.5) is 5.82 Å². The Hall–Kier alpha value is -2.85. The SMILES string of the molecule is Cc1cc(NS(=O)(=O)c2ccc3cc(C(=O)NO)oc3c2)n(C2CCCCC2)n1. The molecular weight excluding hydrogens is 396 g/mol. The molecule has 4 rings (SSSR count). The molecule has 0 atom stereocenters. The van der Waals surface area contributed by atoms with E-state index < -0.39 is 15.9 Å². The second kappa shape index (κ2) is 7.53. The lowest BCUT2D eigenvalue weighted by atomic mass is 9.96. The van der Waals surface area contributed by atoms with Crippen molar-refractivity contribution in [3.05, 3.63) is 41.8 Å². The van der Waals surface area contributed by atoms with Gasteiger partial charge in [0.1, 0.15) is 11.4 Å². The number of hydrogen-bond donors (Lipinski definition) is 3. The van der Waals surface area contributed by atoms with Crippen molar-refractivity contribution < 1.29 is 22.8 Å². The largest absolute Gasteiger partial charge is 0.451 e. The maximum Gasteiger partial charge on any atom is 0.310 e. The number of hydroxylamine groups is 1. The van der Waals surface area contributed by atoms with Gasteiger partial charge in [0, 0.05) is 17.5 Å². The highest BCUT2D eigenvalue weighted by molar-refractivity contribution is 7.92. The molecule has 1 aliphatic carbocycles. The molecule has 3 N–H and O–H groups in total. The van der Waals surface area contributed by atoms with Gasteiger partial charge in [0.05, 0.1) is 16.6 Å². The fraction of sp³-hybridized carbons (Fsp3) is 0.368. The molecule has 1 fully saturated rings. The van der Waals surface area contributed by atoms with E-state index in [0.717, 1.165) is 31.4 Å². The Morgan fingerprint density at radius 3 is 2.69 bits per heavy atom. The zero-order valence-corrected chi connectivity index (χ0v) is 16.7. The number of carbonyl (C=O) groups is 1. The fourth-order valence-corrected chi connectivity index (χ4v) is 4.79. The van der Waals surface area contributed by atoms with Crippen LogP contribution in [0.3, 0.4) is 0 Å². The van der Waals surface area contributed by atoms with Crippen LogP contribution < -0.4 is 10.2 Å². The fourth-order valence-electron chi connectivity index (χ4n) is 3.74. The average molecular weight is 418 g/mol. The first-order valence-corrected chi connectivity index (χ1v) is 10.9. The Kier molecular flexibility index (Phi) is 5.05. The molecule has 0 aliphatic heterocycles. The van der Waals surface area contributed by atoms with Crippen LogP contribution in [0.15, 0.2) is 39.6 Å². The number of hydrogen-bond acceptors (Lipinski definition) is 6. The van der Waals surface area contributed by atoms with Crippen molar-refractivity contribution in [2.24, 2.45) is 0 Å². The predicted octanol–water partition coefficient (Wildman–Crippen LogP) is 3.36. The molecular formula is C19H22N4O5S. The third kappa shape index (κ3) is 3.85. The van der Waals surface area contributed by atoms with E-state index in [9.17, 15) is 13.2 Å². The molecule has 3 aromatic rings. The molecule has 1 aromatic carbocycles. The van der Waals surface area contributed by atoms with E-state index in [-0.39, 0.29) is 22.3 Å². The van der Waals surface area contributed by atoms with E-state index >= 15 is 0 Å². The van der Waals surface area contributed by atoms with Gasteiger partial charge in [-0.1, -0.05) is 19.3 Å². The highest BCUT2D eigenvalue weighted by Crippen LogP contribution is 2.32. The average Bonchev–Trinajstić information content (AvgIpc) is 3.30. The van der Waals surface area contributed by atoms with E-state index in [1.165, 1.54) is 30.1 Å². The summed E-state index contributed by atoms with van der Waals surface area (Å²) in [6, 6.07) is 7.66. The first-order valence-electron chi connectivity index (χ1n) is 9.44. The lowest BCUT2D eigenvalue weighted by Crippen LogP contribution is -2.20. The Balaban J connectivity index is 1.65. The molecule has 9 nitrogen and oxygen atoms in total. The number of carbonyl (C=O) groups excluding carboxylic acids is 1. The van der Waals surface area contributed by atoms with Crippen molar-refractivity contribution in [1.82, 2.24) is 15.3 Å². The summed E-state index contributed by atoms with van der Waals surface area (Å²) in [4.78, 5) is 11.5. The molecule has 29 heavy (non-hydrogen) atoms. The van der Waals surface area contributed by atoms with E-state index in [1.807, 2.05) is 6.92 Å². The Labute approximate surface area is 167 Å². The number of fused-ring (bicyclic) bond motifs is 1. The third-order valence-electron chi connectivity index (χ3n) is 5.14. The molecule has 1 saturated carbocycles. The second-order valence-electron chi connectivity index (χ2n) is 7.26. The first-order chi connectivity index (χ1) is 13.9. The summed E-state index contributed by atoms with van der Waals surface area (Å²) in [5.41, 5.74) is 2.46. The number of aromatic nitrogens is 2. The van der Waals surface area contributed by atoms with Crippen molar-refractivity contribution >= 4 is 32.7 Å². The Morgan fingerprint density at radius 2 is 1.97 bits per heavy atom. The molecule has 0 unspecified atom stereocenters. The van der Waals surface area contributed by atoms with Crippen LogP contribution in [0.1, 0.15) is 54.4 Å². The molecule has 2 aromatic heterocycles. The zero-order valence-electron chi connectivity index (χ0n) is 15.9. The monoisotopic (exact) mass is 418 g/mol. The van der Waals surface area contributed by atoms with Gasteiger partial charge < -0.3 is 4.42 Å². The quantitative estimate of drug-likeness (QED) is 0.431. The van der Waals surface area contributed by atoms with E-state index in [1.54, 1.807) is 16.8 Å². The van der Waals surface area contributed by atoms with Crippen molar-refractivity contribution in [3.8, 4) is 0 Å². The normalized spacial score (nSPS) is 15.5. The number of nitrogens with zero attached hydrogens (tertiary/aromatic N) is 2. The molecule has 0 saturated heterocycles.